The Kier molecular flexibility index (Phi) is 6.76. The van der Waals surface area contributed by atoms with Crippen LogP contribution in [0.4, 0.5) is 0 Å². The first-order valence-corrected chi connectivity index (χ1v) is 7.90. The third-order valence-corrected chi connectivity index (χ3v) is 3.18. The van der Waals surface area contributed by atoms with Crippen molar-refractivity contribution in [3.8, 4) is 0 Å². The monoisotopic (exact) mass is 286 g/mol. The molecule has 0 rings (SSSR count). The van der Waals surface area contributed by atoms with Gasteiger partial charge in [0, 0.05) is 0 Å². The second-order valence-electron chi connectivity index (χ2n) is 9.72. The first-order chi connectivity index (χ1) is 8.62. The van der Waals surface area contributed by atoms with Crippen molar-refractivity contribution in [2.75, 3.05) is 13.2 Å². The van der Waals surface area contributed by atoms with Gasteiger partial charge in [0.25, 0.3) is 0 Å². The summed E-state index contributed by atoms with van der Waals surface area (Å²) < 4.78 is 12.1. The molecule has 2 nitrogen and oxygen atoms in total. The van der Waals surface area contributed by atoms with Gasteiger partial charge in [-0.3, -0.25) is 0 Å². The topological polar surface area (TPSA) is 18.5 Å². The molecule has 0 bridgehead atoms. The molecule has 0 N–H and O–H groups in total. The highest BCUT2D eigenvalue weighted by Crippen LogP contribution is 2.28. The van der Waals surface area contributed by atoms with Gasteiger partial charge in [-0.05, 0) is 51.4 Å². The minimum absolute atomic E-state index is 0.0877. The van der Waals surface area contributed by atoms with Crippen molar-refractivity contribution < 1.29 is 9.47 Å². The Bertz CT molecular complexity index is 247. The predicted molar refractivity (Wildman–Crippen MR) is 88.2 cm³/mol. The molecule has 0 aromatic heterocycles. The lowest BCUT2D eigenvalue weighted by molar-refractivity contribution is -0.135. The van der Waals surface area contributed by atoms with Gasteiger partial charge in [0.15, 0.2) is 0 Å². The van der Waals surface area contributed by atoms with E-state index in [9.17, 15) is 0 Å². The van der Waals surface area contributed by atoms with Crippen LogP contribution in [0.1, 0.15) is 82.1 Å². The summed E-state index contributed by atoms with van der Waals surface area (Å²) in [6.07, 6.45) is 2.25. The lowest BCUT2D eigenvalue weighted by Crippen LogP contribution is -2.38. The van der Waals surface area contributed by atoms with Gasteiger partial charge in [-0.2, -0.15) is 0 Å². The van der Waals surface area contributed by atoms with Crippen LogP contribution in [0.2, 0.25) is 0 Å². The second-order valence-corrected chi connectivity index (χ2v) is 9.72. The molecule has 0 saturated carbocycles. The van der Waals surface area contributed by atoms with Gasteiger partial charge < -0.3 is 9.47 Å². The zero-order valence-electron chi connectivity index (χ0n) is 15.6. The van der Waals surface area contributed by atoms with E-state index in [2.05, 4.69) is 69.2 Å². The van der Waals surface area contributed by atoms with Crippen LogP contribution >= 0.6 is 0 Å². The molecule has 0 aromatic rings. The fourth-order valence-electron chi connectivity index (χ4n) is 1.57. The number of hydrogen-bond acceptors (Lipinski definition) is 2. The van der Waals surface area contributed by atoms with Crippen LogP contribution in [-0.2, 0) is 9.47 Å². The van der Waals surface area contributed by atoms with Crippen molar-refractivity contribution in [1.82, 2.24) is 0 Å². The molecule has 122 valence electrons. The van der Waals surface area contributed by atoms with E-state index >= 15 is 0 Å². The van der Waals surface area contributed by atoms with Crippen molar-refractivity contribution in [3.63, 3.8) is 0 Å². The van der Waals surface area contributed by atoms with Crippen LogP contribution < -0.4 is 0 Å². The molecular formula is C18H38O2. The van der Waals surface area contributed by atoms with Crippen LogP contribution in [0.5, 0.6) is 0 Å². The van der Waals surface area contributed by atoms with Crippen LogP contribution in [-0.4, -0.2) is 24.4 Å². The smallest absolute Gasteiger partial charge is 0.0859 e. The van der Waals surface area contributed by atoms with Gasteiger partial charge in [0.2, 0.25) is 0 Å². The van der Waals surface area contributed by atoms with Crippen LogP contribution in [0, 0.1) is 10.8 Å². The van der Waals surface area contributed by atoms with E-state index in [0.717, 1.165) is 13.0 Å². The van der Waals surface area contributed by atoms with Gasteiger partial charge in [0.1, 0.15) is 0 Å². The third-order valence-electron chi connectivity index (χ3n) is 3.18. The van der Waals surface area contributed by atoms with E-state index in [0.29, 0.717) is 12.0 Å². The number of rotatable bonds is 7. The Morgan fingerprint density at radius 3 is 1.35 bits per heavy atom. The van der Waals surface area contributed by atoms with E-state index in [-0.39, 0.29) is 16.6 Å². The third kappa shape index (κ3) is 11.7. The first-order valence-electron chi connectivity index (χ1n) is 7.90. The largest absolute Gasteiger partial charge is 0.373 e. The molecule has 0 unspecified atom stereocenters. The highest BCUT2D eigenvalue weighted by Gasteiger charge is 2.28. The number of hydrogen-bond donors (Lipinski definition) is 0. The maximum atomic E-state index is 6.13. The SMILES string of the molecule is CC(C)(C)CCC(C)(C)OCC(C)(C)OCC(C)(C)C. The lowest BCUT2D eigenvalue weighted by Gasteiger charge is -2.35. The maximum Gasteiger partial charge on any atom is 0.0859 e. The van der Waals surface area contributed by atoms with E-state index in [4.69, 9.17) is 9.47 Å². The minimum Gasteiger partial charge on any atom is -0.373 e. The molecule has 0 spiro atoms. The minimum atomic E-state index is -0.230. The highest BCUT2D eigenvalue weighted by molar-refractivity contribution is 4.77. The van der Waals surface area contributed by atoms with E-state index in [1.54, 1.807) is 0 Å². The Morgan fingerprint density at radius 1 is 0.500 bits per heavy atom. The fraction of sp³-hybridized carbons (Fsp3) is 1.00. The van der Waals surface area contributed by atoms with Crippen molar-refractivity contribution in [2.24, 2.45) is 10.8 Å². The molecule has 0 fully saturated rings. The zero-order valence-corrected chi connectivity index (χ0v) is 15.6. The van der Waals surface area contributed by atoms with Crippen molar-refractivity contribution in [3.05, 3.63) is 0 Å². The molecule has 0 radical (unpaired) electrons. The van der Waals surface area contributed by atoms with Gasteiger partial charge in [0.05, 0.1) is 24.4 Å². The molecular weight excluding hydrogens is 248 g/mol. The summed E-state index contributed by atoms with van der Waals surface area (Å²) in [7, 11) is 0. The van der Waals surface area contributed by atoms with Crippen molar-refractivity contribution in [1.29, 1.82) is 0 Å². The molecule has 0 heterocycles. The standard InChI is InChI=1S/C18H38O2/c1-15(2,3)11-12-17(7,8)20-14-18(9,10)19-13-16(4,5)6/h11-14H2,1-10H3. The average molecular weight is 286 g/mol. The van der Waals surface area contributed by atoms with Gasteiger partial charge in [-0.1, -0.05) is 41.5 Å². The quantitative estimate of drug-likeness (QED) is 0.619. The van der Waals surface area contributed by atoms with Crippen LogP contribution in [0.15, 0.2) is 0 Å². The van der Waals surface area contributed by atoms with Gasteiger partial charge in [-0.15, -0.1) is 0 Å². The van der Waals surface area contributed by atoms with Crippen molar-refractivity contribution >= 4 is 0 Å². The first kappa shape index (κ1) is 19.9. The Balaban J connectivity index is 4.23. The van der Waals surface area contributed by atoms with Crippen molar-refractivity contribution in [2.45, 2.75) is 93.3 Å². The second kappa shape index (κ2) is 6.79. The highest BCUT2D eigenvalue weighted by atomic mass is 16.6. The predicted octanol–water partition coefficient (Wildman–Crippen LogP) is 5.45. The Labute approximate surface area is 127 Å². The lowest BCUT2D eigenvalue weighted by atomic mass is 9.86. The summed E-state index contributed by atoms with van der Waals surface area (Å²) in [5.74, 6) is 0. The summed E-state index contributed by atoms with van der Waals surface area (Å²) >= 11 is 0. The summed E-state index contributed by atoms with van der Waals surface area (Å²) in [6.45, 7) is 23.4. The maximum absolute atomic E-state index is 6.13. The molecule has 0 aliphatic rings. The van der Waals surface area contributed by atoms with Gasteiger partial charge in [-0.25, -0.2) is 0 Å². The molecule has 0 aromatic carbocycles. The number of ether oxygens (including phenoxy) is 2. The summed E-state index contributed by atoms with van der Waals surface area (Å²) in [5.41, 5.74) is 0.236. The molecule has 0 amide bonds. The Morgan fingerprint density at radius 2 is 0.950 bits per heavy atom. The van der Waals surface area contributed by atoms with E-state index in [1.807, 2.05) is 0 Å². The molecule has 2 heteroatoms. The fourth-order valence-corrected chi connectivity index (χ4v) is 1.57. The summed E-state index contributed by atoms with van der Waals surface area (Å²) in [4.78, 5) is 0. The van der Waals surface area contributed by atoms with E-state index < -0.39 is 0 Å². The molecule has 0 aliphatic heterocycles. The normalized spacial score (nSPS) is 14.7. The van der Waals surface area contributed by atoms with Crippen LogP contribution in [0.3, 0.4) is 0 Å². The molecule has 0 saturated heterocycles. The average Bonchev–Trinajstić information content (AvgIpc) is 2.20. The Hall–Kier alpha value is -0.0800. The zero-order chi connectivity index (χ0) is 16.2. The summed E-state index contributed by atoms with van der Waals surface area (Å²) in [6, 6.07) is 0. The molecule has 0 atom stereocenters. The summed E-state index contributed by atoms with van der Waals surface area (Å²) in [5, 5.41) is 0. The molecule has 0 aliphatic carbocycles. The van der Waals surface area contributed by atoms with Gasteiger partial charge >= 0.3 is 0 Å². The van der Waals surface area contributed by atoms with E-state index in [1.165, 1.54) is 6.42 Å². The van der Waals surface area contributed by atoms with Crippen LogP contribution in [0.25, 0.3) is 0 Å². The molecule has 20 heavy (non-hydrogen) atoms.